The highest BCUT2D eigenvalue weighted by Gasteiger charge is 2.46. The highest BCUT2D eigenvalue weighted by Crippen LogP contribution is 2.49. The highest BCUT2D eigenvalue weighted by molar-refractivity contribution is 5.54. The van der Waals surface area contributed by atoms with Gasteiger partial charge in [0.25, 0.3) is 0 Å². The van der Waals surface area contributed by atoms with Crippen molar-refractivity contribution in [3.05, 3.63) is 70.8 Å². The van der Waals surface area contributed by atoms with Crippen LogP contribution in [-0.2, 0) is 12.4 Å². The fourth-order valence-corrected chi connectivity index (χ4v) is 2.81. The van der Waals surface area contributed by atoms with Crippen molar-refractivity contribution in [3.8, 4) is 23.0 Å². The Morgan fingerprint density at radius 1 is 0.559 bits per heavy atom. The van der Waals surface area contributed by atoms with E-state index in [1.54, 1.807) is 0 Å². The molecular formula is C20H10F10N2O2. The van der Waals surface area contributed by atoms with Crippen LogP contribution in [0.4, 0.5) is 55.3 Å². The summed E-state index contributed by atoms with van der Waals surface area (Å²) in [5.74, 6) is -12.0. The number of rotatable bonds is 4. The summed E-state index contributed by atoms with van der Waals surface area (Å²) in [6.45, 7) is 0. The minimum absolute atomic E-state index is 0.160. The number of hydrogen-bond donors (Lipinski definition) is 2. The molecular weight excluding hydrogens is 490 g/mol. The van der Waals surface area contributed by atoms with E-state index in [0.717, 1.165) is 0 Å². The Balaban J connectivity index is 2.26. The Morgan fingerprint density at radius 2 is 1.03 bits per heavy atom. The predicted molar refractivity (Wildman–Crippen MR) is 98.1 cm³/mol. The SMILES string of the molecule is Nc1cc(F)c(F)c(Oc2cc(Oc3cc(N)cc(F)c3F)c(C(F)(F)F)c(C(F)(F)F)c2)c1. The number of alkyl halides is 6. The van der Waals surface area contributed by atoms with Crippen molar-refractivity contribution >= 4 is 11.4 Å². The summed E-state index contributed by atoms with van der Waals surface area (Å²) in [5, 5.41) is 0. The summed E-state index contributed by atoms with van der Waals surface area (Å²) < 4.78 is 146. The zero-order chi connectivity index (χ0) is 25.6. The maximum absolute atomic E-state index is 14.0. The van der Waals surface area contributed by atoms with Crippen molar-refractivity contribution in [2.45, 2.75) is 12.4 Å². The minimum atomic E-state index is -5.72. The van der Waals surface area contributed by atoms with Gasteiger partial charge in [0.15, 0.2) is 23.1 Å². The van der Waals surface area contributed by atoms with Gasteiger partial charge in [-0.15, -0.1) is 0 Å². The smallest absolute Gasteiger partial charge is 0.420 e. The first-order chi connectivity index (χ1) is 15.6. The molecule has 0 amide bonds. The molecule has 0 saturated carbocycles. The lowest BCUT2D eigenvalue weighted by atomic mass is 10.0. The molecule has 0 fully saturated rings. The first-order valence-corrected chi connectivity index (χ1v) is 8.75. The van der Waals surface area contributed by atoms with Crippen LogP contribution in [0.25, 0.3) is 0 Å². The molecule has 0 radical (unpaired) electrons. The Bertz CT molecular complexity index is 1260. The summed E-state index contributed by atoms with van der Waals surface area (Å²) in [4.78, 5) is 0. The standard InChI is InChI=1S/C20H10F10N2O2/c21-11-1-7(31)3-14(17(11)23)33-9-5-10(19(25,26)27)16(20(28,29)30)13(6-9)34-15-4-8(32)2-12(22)18(15)24/h1-6H,31-32H2. The van der Waals surface area contributed by atoms with Gasteiger partial charge in [0, 0.05) is 41.7 Å². The van der Waals surface area contributed by atoms with Gasteiger partial charge in [0.1, 0.15) is 17.1 Å². The third kappa shape index (κ3) is 5.05. The van der Waals surface area contributed by atoms with Gasteiger partial charge < -0.3 is 20.9 Å². The molecule has 0 saturated heterocycles. The lowest BCUT2D eigenvalue weighted by Crippen LogP contribution is -2.18. The number of nitrogen functional groups attached to an aromatic ring is 2. The summed E-state index contributed by atoms with van der Waals surface area (Å²) >= 11 is 0. The van der Waals surface area contributed by atoms with E-state index in [1.807, 2.05) is 0 Å². The van der Waals surface area contributed by atoms with Crippen molar-refractivity contribution < 1.29 is 53.4 Å². The molecule has 3 rings (SSSR count). The molecule has 0 unspecified atom stereocenters. The van der Waals surface area contributed by atoms with Gasteiger partial charge in [0.2, 0.25) is 11.6 Å². The van der Waals surface area contributed by atoms with E-state index in [1.165, 1.54) is 0 Å². The van der Waals surface area contributed by atoms with Gasteiger partial charge in [0.05, 0.1) is 5.56 Å². The predicted octanol–water partition coefficient (Wildman–Crippen LogP) is 7.03. The zero-order valence-corrected chi connectivity index (χ0v) is 16.2. The molecule has 4 N–H and O–H groups in total. The topological polar surface area (TPSA) is 70.5 Å². The Labute approximate surface area is 183 Å². The molecule has 3 aromatic rings. The summed E-state index contributed by atoms with van der Waals surface area (Å²) in [6.07, 6.45) is -11.4. The Morgan fingerprint density at radius 3 is 1.47 bits per heavy atom. The Hall–Kier alpha value is -3.84. The van der Waals surface area contributed by atoms with E-state index in [9.17, 15) is 43.9 Å². The van der Waals surface area contributed by atoms with Crippen molar-refractivity contribution in [2.75, 3.05) is 11.5 Å². The van der Waals surface area contributed by atoms with E-state index >= 15 is 0 Å². The summed E-state index contributed by atoms with van der Waals surface area (Å²) in [7, 11) is 0. The molecule has 34 heavy (non-hydrogen) atoms. The van der Waals surface area contributed by atoms with Gasteiger partial charge in [-0.25, -0.2) is 8.78 Å². The van der Waals surface area contributed by atoms with E-state index in [4.69, 9.17) is 16.2 Å². The molecule has 0 aromatic heterocycles. The largest absolute Gasteiger partial charge is 0.454 e. The first-order valence-electron chi connectivity index (χ1n) is 8.75. The zero-order valence-electron chi connectivity index (χ0n) is 16.2. The van der Waals surface area contributed by atoms with Crippen molar-refractivity contribution in [3.63, 3.8) is 0 Å². The monoisotopic (exact) mass is 500 g/mol. The first kappa shape index (κ1) is 24.8. The number of halogens is 10. The second-order valence-corrected chi connectivity index (χ2v) is 6.67. The molecule has 4 nitrogen and oxygen atoms in total. The van der Waals surface area contributed by atoms with Crippen LogP contribution in [0.2, 0.25) is 0 Å². The molecule has 14 heteroatoms. The van der Waals surface area contributed by atoms with Crippen LogP contribution >= 0.6 is 0 Å². The van der Waals surface area contributed by atoms with Crippen LogP contribution in [-0.4, -0.2) is 0 Å². The minimum Gasteiger partial charge on any atom is -0.454 e. The van der Waals surface area contributed by atoms with Crippen molar-refractivity contribution in [1.82, 2.24) is 0 Å². The summed E-state index contributed by atoms with van der Waals surface area (Å²) in [6, 6.07) is 2.17. The van der Waals surface area contributed by atoms with Crippen LogP contribution < -0.4 is 20.9 Å². The van der Waals surface area contributed by atoms with Crippen LogP contribution in [0.1, 0.15) is 11.1 Å². The molecule has 0 atom stereocenters. The van der Waals surface area contributed by atoms with Crippen LogP contribution in [0, 0.1) is 23.3 Å². The molecule has 0 heterocycles. The third-order valence-electron chi connectivity index (χ3n) is 4.15. The van der Waals surface area contributed by atoms with Crippen molar-refractivity contribution in [1.29, 1.82) is 0 Å². The number of anilines is 2. The molecule has 3 aromatic carbocycles. The Kier molecular flexibility index (Phi) is 6.20. The summed E-state index contributed by atoms with van der Waals surface area (Å²) in [5.41, 5.74) is 4.84. The van der Waals surface area contributed by atoms with Crippen molar-refractivity contribution in [2.24, 2.45) is 0 Å². The van der Waals surface area contributed by atoms with E-state index in [0.29, 0.717) is 24.3 Å². The molecule has 0 aliphatic carbocycles. The molecule has 182 valence electrons. The van der Waals surface area contributed by atoms with Gasteiger partial charge >= 0.3 is 12.4 Å². The van der Waals surface area contributed by atoms with Crippen LogP contribution in [0.15, 0.2) is 36.4 Å². The van der Waals surface area contributed by atoms with E-state index in [2.05, 4.69) is 4.74 Å². The average molecular weight is 500 g/mol. The third-order valence-corrected chi connectivity index (χ3v) is 4.15. The fourth-order valence-electron chi connectivity index (χ4n) is 2.81. The van der Waals surface area contributed by atoms with Gasteiger partial charge in [-0.05, 0) is 6.07 Å². The van der Waals surface area contributed by atoms with Gasteiger partial charge in [-0.3, -0.25) is 0 Å². The van der Waals surface area contributed by atoms with Gasteiger partial charge in [-0.2, -0.15) is 35.1 Å². The number of nitrogens with two attached hydrogens (primary N) is 2. The maximum Gasteiger partial charge on any atom is 0.420 e. The van der Waals surface area contributed by atoms with E-state index in [-0.39, 0.29) is 12.1 Å². The van der Waals surface area contributed by atoms with E-state index < -0.39 is 81.1 Å². The lowest BCUT2D eigenvalue weighted by molar-refractivity contribution is -0.162. The quantitative estimate of drug-likeness (QED) is 0.298. The second-order valence-electron chi connectivity index (χ2n) is 6.67. The second kappa shape index (κ2) is 8.50. The number of benzene rings is 3. The highest BCUT2D eigenvalue weighted by atomic mass is 19.4. The van der Waals surface area contributed by atoms with Crippen LogP contribution in [0.3, 0.4) is 0 Å². The molecule has 0 aliphatic heterocycles. The molecule has 0 spiro atoms. The lowest BCUT2D eigenvalue weighted by Gasteiger charge is -2.21. The number of ether oxygens (including phenoxy) is 2. The average Bonchev–Trinajstić information content (AvgIpc) is 2.67. The fraction of sp³-hybridized carbons (Fsp3) is 0.100. The maximum atomic E-state index is 14.0. The molecule has 0 aliphatic rings. The molecule has 0 bridgehead atoms. The van der Waals surface area contributed by atoms with Gasteiger partial charge in [-0.1, -0.05) is 0 Å². The van der Waals surface area contributed by atoms with Crippen LogP contribution in [0.5, 0.6) is 23.0 Å². The number of hydrogen-bond acceptors (Lipinski definition) is 4. The normalized spacial score (nSPS) is 12.1.